The second-order valence-corrected chi connectivity index (χ2v) is 4.55. The summed E-state index contributed by atoms with van der Waals surface area (Å²) >= 11 is 6.00. The van der Waals surface area contributed by atoms with Gasteiger partial charge in [0.05, 0.1) is 17.2 Å². The second-order valence-electron chi connectivity index (χ2n) is 4.15. The Kier molecular flexibility index (Phi) is 3.56. The molecule has 0 spiro atoms. The molecule has 1 aliphatic heterocycles. The molecule has 1 saturated heterocycles. The van der Waals surface area contributed by atoms with E-state index in [1.54, 1.807) is 18.2 Å². The van der Waals surface area contributed by atoms with Crippen LogP contribution in [-0.4, -0.2) is 18.8 Å². The van der Waals surface area contributed by atoms with Crippen LogP contribution in [0.3, 0.4) is 0 Å². The highest BCUT2D eigenvalue weighted by atomic mass is 35.5. The fourth-order valence-electron chi connectivity index (χ4n) is 1.82. The summed E-state index contributed by atoms with van der Waals surface area (Å²) in [5.41, 5.74) is 6.24. The summed E-state index contributed by atoms with van der Waals surface area (Å²) in [5.74, 6) is 0.666. The zero-order valence-corrected chi connectivity index (χ0v) is 10.0. The van der Waals surface area contributed by atoms with Gasteiger partial charge in [0.15, 0.2) is 0 Å². The minimum Gasteiger partial charge on any atom is -0.489 e. The maximum Gasteiger partial charge on any atom is 0.138 e. The number of ether oxygens (including phenoxy) is 2. The molecular weight excluding hydrogens is 226 g/mol. The van der Waals surface area contributed by atoms with Gasteiger partial charge in [-0.1, -0.05) is 11.6 Å². The zero-order valence-electron chi connectivity index (χ0n) is 9.28. The summed E-state index contributed by atoms with van der Waals surface area (Å²) in [4.78, 5) is 0. The van der Waals surface area contributed by atoms with Gasteiger partial charge in [0.25, 0.3) is 0 Å². The second kappa shape index (κ2) is 4.93. The van der Waals surface area contributed by atoms with Crippen LogP contribution < -0.4 is 10.5 Å². The lowest BCUT2D eigenvalue weighted by Gasteiger charge is -2.13. The molecule has 0 bridgehead atoms. The largest absolute Gasteiger partial charge is 0.489 e. The highest BCUT2D eigenvalue weighted by molar-refractivity contribution is 6.32. The van der Waals surface area contributed by atoms with Gasteiger partial charge in [-0.05, 0) is 38.0 Å². The lowest BCUT2D eigenvalue weighted by molar-refractivity contribution is 0.0265. The summed E-state index contributed by atoms with van der Waals surface area (Å²) in [6.45, 7) is 2.63. The van der Waals surface area contributed by atoms with Crippen molar-refractivity contribution < 1.29 is 9.47 Å². The predicted octanol–water partition coefficient (Wildman–Crippen LogP) is 2.87. The third kappa shape index (κ3) is 2.80. The highest BCUT2D eigenvalue weighted by Crippen LogP contribution is 2.27. The molecule has 0 amide bonds. The molecule has 2 unspecified atom stereocenters. The van der Waals surface area contributed by atoms with Crippen molar-refractivity contribution in [3.05, 3.63) is 23.2 Å². The Labute approximate surface area is 100 Å². The van der Waals surface area contributed by atoms with E-state index < -0.39 is 0 Å². The predicted molar refractivity (Wildman–Crippen MR) is 64.9 cm³/mol. The van der Waals surface area contributed by atoms with Gasteiger partial charge < -0.3 is 15.2 Å². The number of halogens is 1. The number of anilines is 1. The molecule has 2 N–H and O–H groups in total. The average Bonchev–Trinajstić information content (AvgIpc) is 2.63. The molecular formula is C12H16ClNO2. The van der Waals surface area contributed by atoms with E-state index in [1.165, 1.54) is 0 Å². The van der Waals surface area contributed by atoms with Crippen molar-refractivity contribution >= 4 is 17.3 Å². The van der Waals surface area contributed by atoms with E-state index in [0.29, 0.717) is 29.2 Å². The van der Waals surface area contributed by atoms with Crippen LogP contribution >= 0.6 is 11.6 Å². The number of rotatable bonds is 3. The van der Waals surface area contributed by atoms with Gasteiger partial charge in [0, 0.05) is 5.69 Å². The molecule has 2 rings (SSSR count). The Bertz CT molecular complexity index is 370. The van der Waals surface area contributed by atoms with Crippen LogP contribution in [0.15, 0.2) is 18.2 Å². The number of hydrogen-bond donors (Lipinski definition) is 1. The Morgan fingerprint density at radius 1 is 1.50 bits per heavy atom. The van der Waals surface area contributed by atoms with Crippen LogP contribution in [0, 0.1) is 0 Å². The molecule has 1 heterocycles. The number of nitrogen functional groups attached to an aromatic ring is 1. The van der Waals surface area contributed by atoms with Gasteiger partial charge in [0.2, 0.25) is 0 Å². The quantitative estimate of drug-likeness (QED) is 0.828. The first-order chi connectivity index (χ1) is 7.65. The number of hydrogen-bond acceptors (Lipinski definition) is 3. The molecule has 88 valence electrons. The van der Waals surface area contributed by atoms with Crippen LogP contribution in [0.4, 0.5) is 5.69 Å². The fraction of sp³-hybridized carbons (Fsp3) is 0.500. The minimum atomic E-state index is 0.184. The molecule has 0 saturated carbocycles. The maximum absolute atomic E-state index is 6.00. The molecule has 1 aliphatic rings. The van der Waals surface area contributed by atoms with E-state index in [-0.39, 0.29) is 6.10 Å². The van der Waals surface area contributed by atoms with Gasteiger partial charge >= 0.3 is 0 Å². The molecule has 0 aromatic heterocycles. The molecule has 1 aromatic carbocycles. The van der Waals surface area contributed by atoms with E-state index in [4.69, 9.17) is 26.8 Å². The smallest absolute Gasteiger partial charge is 0.138 e. The van der Waals surface area contributed by atoms with Crippen LogP contribution in [0.5, 0.6) is 5.75 Å². The molecule has 4 heteroatoms. The average molecular weight is 242 g/mol. The third-order valence-electron chi connectivity index (χ3n) is 2.70. The van der Waals surface area contributed by atoms with Crippen molar-refractivity contribution in [1.29, 1.82) is 0 Å². The van der Waals surface area contributed by atoms with Crippen molar-refractivity contribution in [1.82, 2.24) is 0 Å². The van der Waals surface area contributed by atoms with Gasteiger partial charge in [-0.25, -0.2) is 0 Å². The molecule has 1 fully saturated rings. The van der Waals surface area contributed by atoms with Crippen LogP contribution in [0.1, 0.15) is 19.8 Å². The first-order valence-corrected chi connectivity index (χ1v) is 5.86. The first kappa shape index (κ1) is 11.6. The summed E-state index contributed by atoms with van der Waals surface area (Å²) < 4.78 is 11.3. The van der Waals surface area contributed by atoms with Gasteiger partial charge in [0.1, 0.15) is 12.4 Å². The third-order valence-corrected chi connectivity index (χ3v) is 3.00. The fourth-order valence-corrected chi connectivity index (χ4v) is 2.07. The molecule has 1 aromatic rings. The molecule has 0 radical (unpaired) electrons. The summed E-state index contributed by atoms with van der Waals surface area (Å²) in [5, 5.41) is 0.547. The Balaban J connectivity index is 1.89. The van der Waals surface area contributed by atoms with Crippen LogP contribution in [-0.2, 0) is 4.74 Å². The van der Waals surface area contributed by atoms with Crippen molar-refractivity contribution in [3.63, 3.8) is 0 Å². The highest BCUT2D eigenvalue weighted by Gasteiger charge is 2.22. The lowest BCUT2D eigenvalue weighted by Crippen LogP contribution is -2.17. The first-order valence-electron chi connectivity index (χ1n) is 5.48. The van der Waals surface area contributed by atoms with Crippen molar-refractivity contribution in [2.75, 3.05) is 12.3 Å². The monoisotopic (exact) mass is 241 g/mol. The summed E-state index contributed by atoms with van der Waals surface area (Å²) in [7, 11) is 0. The van der Waals surface area contributed by atoms with E-state index in [9.17, 15) is 0 Å². The van der Waals surface area contributed by atoms with E-state index in [2.05, 4.69) is 6.92 Å². The standard InChI is InChI=1S/C12H16ClNO2/c1-8-2-4-10(16-8)7-15-12-5-3-9(14)6-11(12)13/h3,5-6,8,10H,2,4,7,14H2,1H3. The van der Waals surface area contributed by atoms with E-state index >= 15 is 0 Å². The number of nitrogens with two attached hydrogens (primary N) is 1. The Morgan fingerprint density at radius 3 is 2.94 bits per heavy atom. The van der Waals surface area contributed by atoms with E-state index in [1.807, 2.05) is 0 Å². The van der Waals surface area contributed by atoms with Gasteiger partial charge in [-0.3, -0.25) is 0 Å². The van der Waals surface area contributed by atoms with Gasteiger partial charge in [-0.2, -0.15) is 0 Å². The molecule has 2 atom stereocenters. The van der Waals surface area contributed by atoms with Crippen molar-refractivity contribution in [2.24, 2.45) is 0 Å². The lowest BCUT2D eigenvalue weighted by atomic mass is 10.2. The summed E-state index contributed by atoms with van der Waals surface area (Å²) in [6, 6.07) is 5.25. The van der Waals surface area contributed by atoms with Crippen LogP contribution in [0.25, 0.3) is 0 Å². The van der Waals surface area contributed by atoms with Crippen LogP contribution in [0.2, 0.25) is 5.02 Å². The van der Waals surface area contributed by atoms with Gasteiger partial charge in [-0.15, -0.1) is 0 Å². The minimum absolute atomic E-state index is 0.184. The molecule has 0 aliphatic carbocycles. The Morgan fingerprint density at radius 2 is 2.31 bits per heavy atom. The normalized spacial score (nSPS) is 24.6. The van der Waals surface area contributed by atoms with Crippen molar-refractivity contribution in [2.45, 2.75) is 32.0 Å². The maximum atomic E-state index is 6.00. The summed E-state index contributed by atoms with van der Waals surface area (Å²) in [6.07, 6.45) is 2.68. The van der Waals surface area contributed by atoms with E-state index in [0.717, 1.165) is 12.8 Å². The van der Waals surface area contributed by atoms with Crippen molar-refractivity contribution in [3.8, 4) is 5.75 Å². The SMILES string of the molecule is CC1CCC(COc2ccc(N)cc2Cl)O1. The number of benzene rings is 1. The Hall–Kier alpha value is -0.930. The molecule has 16 heavy (non-hydrogen) atoms. The molecule has 3 nitrogen and oxygen atoms in total. The topological polar surface area (TPSA) is 44.5 Å². The zero-order chi connectivity index (χ0) is 11.5.